The van der Waals surface area contributed by atoms with Crippen molar-refractivity contribution in [3.8, 4) is 0 Å². The van der Waals surface area contributed by atoms with E-state index in [4.69, 9.17) is 0 Å². The van der Waals surface area contributed by atoms with Crippen LogP contribution in [0.25, 0.3) is 25.7 Å². The predicted octanol–water partition coefficient (Wildman–Crippen LogP) is 11.1. The first kappa shape index (κ1) is 27.2. The van der Waals surface area contributed by atoms with Crippen LogP contribution in [-0.2, 0) is 0 Å². The number of hydrogen-bond acceptors (Lipinski definition) is 3. The van der Waals surface area contributed by atoms with Gasteiger partial charge in [-0.1, -0.05) is 97.1 Å². The van der Waals surface area contributed by atoms with Crippen molar-refractivity contribution in [3.63, 3.8) is 0 Å². The van der Waals surface area contributed by atoms with Gasteiger partial charge in [-0.3, -0.25) is 0 Å². The average molecular weight is 605 g/mol. The molecule has 5 unspecified atom stereocenters. The van der Waals surface area contributed by atoms with Gasteiger partial charge in [-0.2, -0.15) is 0 Å². The summed E-state index contributed by atoms with van der Waals surface area (Å²) in [4.78, 5) is 2.54. The first-order valence-electron chi connectivity index (χ1n) is 17.0. The summed E-state index contributed by atoms with van der Waals surface area (Å²) in [6.45, 7) is 0. The first-order chi connectivity index (χ1) is 22.3. The Balaban J connectivity index is 1.02. The molecule has 224 valence electrons. The highest BCUT2D eigenvalue weighted by Gasteiger charge is 2.39. The normalized spacial score (nSPS) is 27.0. The summed E-state index contributed by atoms with van der Waals surface area (Å²) < 4.78 is 2.88. The monoisotopic (exact) mass is 604 g/mol. The second kappa shape index (κ2) is 11.4. The van der Waals surface area contributed by atoms with E-state index in [0.717, 1.165) is 24.7 Å². The van der Waals surface area contributed by atoms with Crippen molar-refractivity contribution >= 4 is 48.5 Å². The average Bonchev–Trinajstić information content (AvgIpc) is 3.66. The second-order valence-corrected chi connectivity index (χ2v) is 14.5. The Morgan fingerprint density at radius 3 is 2.42 bits per heavy atom. The Kier molecular flexibility index (Phi) is 6.89. The lowest BCUT2D eigenvalue weighted by atomic mass is 9.78. The number of allylic oxidation sites excluding steroid dienone is 9. The quantitative estimate of drug-likeness (QED) is 0.228. The minimum atomic E-state index is 0.314. The summed E-state index contributed by atoms with van der Waals surface area (Å²) in [5.74, 6) is 1.85. The van der Waals surface area contributed by atoms with Gasteiger partial charge in [0.05, 0.1) is 6.04 Å². The SMILES string of the molecule is C1=CC2c3c(ccc4c3sc3c(C5=CC=C(NC6C=CC(C7C=CCCC7)CC6)CC5)cccc34)N(c3ccccc3)C2C=C1. The van der Waals surface area contributed by atoms with Gasteiger partial charge in [0.2, 0.25) is 0 Å². The maximum Gasteiger partial charge on any atom is 0.0630 e. The molecule has 5 atom stereocenters. The molecular formula is C42H40N2S. The highest BCUT2D eigenvalue weighted by Crippen LogP contribution is 2.53. The van der Waals surface area contributed by atoms with Gasteiger partial charge < -0.3 is 10.2 Å². The van der Waals surface area contributed by atoms with Gasteiger partial charge in [-0.15, -0.1) is 11.3 Å². The van der Waals surface area contributed by atoms with Gasteiger partial charge in [0.25, 0.3) is 0 Å². The molecule has 0 saturated heterocycles. The van der Waals surface area contributed by atoms with Crippen LogP contribution in [0.1, 0.15) is 62.0 Å². The van der Waals surface area contributed by atoms with E-state index in [-0.39, 0.29) is 0 Å². The Morgan fingerprint density at radius 1 is 0.711 bits per heavy atom. The van der Waals surface area contributed by atoms with E-state index in [1.807, 2.05) is 11.3 Å². The molecule has 45 heavy (non-hydrogen) atoms. The Hall–Kier alpha value is -4.08. The first-order valence-corrected chi connectivity index (χ1v) is 17.8. The lowest BCUT2D eigenvalue weighted by Crippen LogP contribution is -2.31. The summed E-state index contributed by atoms with van der Waals surface area (Å²) in [5, 5.41) is 6.67. The van der Waals surface area contributed by atoms with Crippen molar-refractivity contribution in [1.29, 1.82) is 0 Å². The third kappa shape index (κ3) is 4.75. The molecule has 2 nitrogen and oxygen atoms in total. The largest absolute Gasteiger partial charge is 0.382 e. The fourth-order valence-electron chi connectivity index (χ4n) is 8.56. The molecule has 5 aliphatic rings. The molecule has 3 aromatic carbocycles. The van der Waals surface area contributed by atoms with Crippen LogP contribution in [0.5, 0.6) is 0 Å². The summed E-state index contributed by atoms with van der Waals surface area (Å²) in [5.41, 5.74) is 8.35. The van der Waals surface area contributed by atoms with Crippen LogP contribution in [0.3, 0.4) is 0 Å². The van der Waals surface area contributed by atoms with E-state index >= 15 is 0 Å². The third-order valence-electron chi connectivity index (χ3n) is 10.8. The molecule has 3 heteroatoms. The molecule has 9 rings (SSSR count). The molecule has 1 aromatic heterocycles. The smallest absolute Gasteiger partial charge is 0.0630 e. The van der Waals surface area contributed by atoms with E-state index in [0.29, 0.717) is 18.0 Å². The number of benzene rings is 3. The molecule has 0 saturated carbocycles. The Bertz CT molecular complexity index is 1950. The summed E-state index contributed by atoms with van der Waals surface area (Å²) in [6.07, 6.45) is 32.5. The zero-order chi connectivity index (χ0) is 29.7. The number of anilines is 2. The highest BCUT2D eigenvalue weighted by atomic mass is 32.1. The predicted molar refractivity (Wildman–Crippen MR) is 193 cm³/mol. The molecule has 0 radical (unpaired) electrons. The number of hydrogen-bond donors (Lipinski definition) is 1. The molecule has 0 amide bonds. The molecule has 2 heterocycles. The third-order valence-corrected chi connectivity index (χ3v) is 12.1. The van der Waals surface area contributed by atoms with Gasteiger partial charge >= 0.3 is 0 Å². The minimum Gasteiger partial charge on any atom is -0.382 e. The standard InChI is InChI=1S/C42H40N2S/c1-3-10-28(11-4-1)29-18-22-31(23-19-29)43-32-24-20-30(21-25-32)34-15-9-16-35-36-26-27-39-40(42(36)45-41(34)35)37-14-7-8-17-38(37)44(39)33-12-5-2-6-13-33/h2-3,5-10,12-18,20,22,24,26-29,31,37-38,43H,1,4,11,19,21,23,25H2. The summed E-state index contributed by atoms with van der Waals surface area (Å²) in [6, 6.07) is 23.4. The summed E-state index contributed by atoms with van der Waals surface area (Å²) in [7, 11) is 0. The lowest BCUT2D eigenvalue weighted by molar-refractivity contribution is 0.363. The molecule has 1 N–H and O–H groups in total. The topological polar surface area (TPSA) is 15.3 Å². The molecule has 4 aromatic rings. The highest BCUT2D eigenvalue weighted by molar-refractivity contribution is 7.26. The van der Waals surface area contributed by atoms with Crippen LogP contribution in [0, 0.1) is 11.8 Å². The van der Waals surface area contributed by atoms with E-state index in [1.54, 1.807) is 0 Å². The number of thiophene rings is 1. The van der Waals surface area contributed by atoms with E-state index in [9.17, 15) is 0 Å². The van der Waals surface area contributed by atoms with Crippen LogP contribution >= 0.6 is 11.3 Å². The van der Waals surface area contributed by atoms with Gasteiger partial charge in [0.1, 0.15) is 0 Å². The van der Waals surface area contributed by atoms with Crippen LogP contribution in [0.2, 0.25) is 0 Å². The van der Waals surface area contributed by atoms with E-state index in [2.05, 4.69) is 132 Å². The molecular weight excluding hydrogens is 565 g/mol. The fraction of sp³-hybridized carbons (Fsp3) is 0.286. The fourth-order valence-corrected chi connectivity index (χ4v) is 10.0. The van der Waals surface area contributed by atoms with Crippen molar-refractivity contribution in [3.05, 3.63) is 138 Å². The van der Waals surface area contributed by atoms with E-state index in [1.165, 1.54) is 86.0 Å². The maximum absolute atomic E-state index is 3.88. The van der Waals surface area contributed by atoms with Crippen LogP contribution in [0.4, 0.5) is 11.4 Å². The number of fused-ring (bicyclic) bond motifs is 7. The number of nitrogens with zero attached hydrogens (tertiary/aromatic N) is 1. The summed E-state index contributed by atoms with van der Waals surface area (Å²) >= 11 is 2.01. The van der Waals surface area contributed by atoms with Crippen molar-refractivity contribution in [2.75, 3.05) is 4.90 Å². The van der Waals surface area contributed by atoms with Crippen molar-refractivity contribution in [2.24, 2.45) is 11.8 Å². The van der Waals surface area contributed by atoms with Gasteiger partial charge in [-0.05, 0) is 92.2 Å². The van der Waals surface area contributed by atoms with Gasteiger partial charge in [-0.25, -0.2) is 0 Å². The zero-order valence-electron chi connectivity index (χ0n) is 25.7. The number of rotatable bonds is 5. The molecule has 0 fully saturated rings. The van der Waals surface area contributed by atoms with Gasteiger partial charge in [0, 0.05) is 54.8 Å². The van der Waals surface area contributed by atoms with Gasteiger partial charge in [0.15, 0.2) is 0 Å². The Morgan fingerprint density at radius 2 is 1.60 bits per heavy atom. The number of para-hydroxylation sites is 1. The molecule has 4 aliphatic carbocycles. The second-order valence-electron chi connectivity index (χ2n) is 13.4. The van der Waals surface area contributed by atoms with Crippen molar-refractivity contribution < 1.29 is 0 Å². The minimum absolute atomic E-state index is 0.314. The Labute approximate surface area is 270 Å². The van der Waals surface area contributed by atoms with Crippen LogP contribution < -0.4 is 10.2 Å². The maximum atomic E-state index is 3.88. The van der Waals surface area contributed by atoms with Crippen molar-refractivity contribution in [1.82, 2.24) is 5.32 Å². The van der Waals surface area contributed by atoms with Crippen LogP contribution in [-0.4, -0.2) is 12.1 Å². The van der Waals surface area contributed by atoms with Crippen LogP contribution in [0.15, 0.2) is 127 Å². The number of nitrogens with one attached hydrogen (secondary N) is 1. The molecule has 0 bridgehead atoms. The molecule has 1 aliphatic heterocycles. The van der Waals surface area contributed by atoms with Crippen molar-refractivity contribution in [2.45, 2.75) is 62.9 Å². The lowest BCUT2D eigenvalue weighted by Gasteiger charge is -2.31. The molecule has 0 spiro atoms. The van der Waals surface area contributed by atoms with E-state index < -0.39 is 0 Å². The zero-order valence-corrected chi connectivity index (χ0v) is 26.6.